The molecule has 0 aliphatic heterocycles. The Hall–Kier alpha value is -0.0900. The van der Waals surface area contributed by atoms with Crippen LogP contribution < -0.4 is 5.32 Å². The van der Waals surface area contributed by atoms with E-state index >= 15 is 0 Å². The van der Waals surface area contributed by atoms with Crippen molar-refractivity contribution < 1.29 is 8.42 Å². The highest BCUT2D eigenvalue weighted by molar-refractivity contribution is 7.90. The van der Waals surface area contributed by atoms with Crippen molar-refractivity contribution in [1.29, 1.82) is 0 Å². The molecular formula is C11H25NO2S. The molecule has 0 aliphatic carbocycles. The van der Waals surface area contributed by atoms with Gasteiger partial charge in [0.25, 0.3) is 0 Å². The van der Waals surface area contributed by atoms with Gasteiger partial charge in [0.2, 0.25) is 0 Å². The van der Waals surface area contributed by atoms with Crippen LogP contribution in [0.2, 0.25) is 0 Å². The van der Waals surface area contributed by atoms with Gasteiger partial charge in [-0.1, -0.05) is 20.8 Å². The van der Waals surface area contributed by atoms with E-state index in [4.69, 9.17) is 0 Å². The van der Waals surface area contributed by atoms with Gasteiger partial charge in [-0.15, -0.1) is 0 Å². The van der Waals surface area contributed by atoms with Gasteiger partial charge in [-0.3, -0.25) is 0 Å². The van der Waals surface area contributed by atoms with Crippen molar-refractivity contribution in [2.45, 2.75) is 40.0 Å². The molecule has 0 unspecified atom stereocenters. The molecule has 92 valence electrons. The summed E-state index contributed by atoms with van der Waals surface area (Å²) in [6.07, 6.45) is 4.16. The summed E-state index contributed by atoms with van der Waals surface area (Å²) in [6, 6.07) is 0. The number of hydrogen-bond acceptors (Lipinski definition) is 3. The van der Waals surface area contributed by atoms with Crippen molar-refractivity contribution in [3.05, 3.63) is 0 Å². The van der Waals surface area contributed by atoms with E-state index in [1.807, 2.05) is 0 Å². The molecular weight excluding hydrogens is 210 g/mol. The SMILES string of the molecule is CCCNCC(C)(C)CCCS(C)(=O)=O. The predicted molar refractivity (Wildman–Crippen MR) is 65.9 cm³/mol. The van der Waals surface area contributed by atoms with Crippen molar-refractivity contribution in [3.63, 3.8) is 0 Å². The molecule has 0 rings (SSSR count). The Labute approximate surface area is 94.6 Å². The fourth-order valence-corrected chi connectivity index (χ4v) is 2.17. The van der Waals surface area contributed by atoms with Gasteiger partial charge in [0, 0.05) is 18.6 Å². The lowest BCUT2D eigenvalue weighted by atomic mass is 9.88. The lowest BCUT2D eigenvalue weighted by molar-refractivity contribution is 0.312. The molecule has 0 aromatic heterocycles. The lowest BCUT2D eigenvalue weighted by Crippen LogP contribution is -2.30. The van der Waals surface area contributed by atoms with Crippen molar-refractivity contribution in [3.8, 4) is 0 Å². The summed E-state index contributed by atoms with van der Waals surface area (Å²) >= 11 is 0. The van der Waals surface area contributed by atoms with E-state index in [9.17, 15) is 8.42 Å². The molecule has 0 amide bonds. The van der Waals surface area contributed by atoms with Gasteiger partial charge in [-0.25, -0.2) is 8.42 Å². The highest BCUT2D eigenvalue weighted by Crippen LogP contribution is 2.21. The van der Waals surface area contributed by atoms with Gasteiger partial charge >= 0.3 is 0 Å². The Morgan fingerprint density at radius 2 is 1.87 bits per heavy atom. The van der Waals surface area contributed by atoms with Crippen LogP contribution in [0, 0.1) is 5.41 Å². The van der Waals surface area contributed by atoms with E-state index in [2.05, 4.69) is 26.1 Å². The largest absolute Gasteiger partial charge is 0.316 e. The quantitative estimate of drug-likeness (QED) is 0.653. The van der Waals surface area contributed by atoms with Gasteiger partial charge in [-0.2, -0.15) is 0 Å². The molecule has 0 bridgehead atoms. The van der Waals surface area contributed by atoms with Crippen LogP contribution in [0.3, 0.4) is 0 Å². The normalized spacial score (nSPS) is 13.1. The molecule has 4 heteroatoms. The molecule has 0 spiro atoms. The highest BCUT2D eigenvalue weighted by atomic mass is 32.2. The van der Waals surface area contributed by atoms with Crippen molar-refractivity contribution >= 4 is 9.84 Å². The number of rotatable bonds is 8. The molecule has 0 aliphatic rings. The number of sulfone groups is 1. The molecule has 0 fully saturated rings. The first-order valence-electron chi connectivity index (χ1n) is 5.65. The Morgan fingerprint density at radius 3 is 2.33 bits per heavy atom. The van der Waals surface area contributed by atoms with Crippen molar-refractivity contribution in [1.82, 2.24) is 5.32 Å². The van der Waals surface area contributed by atoms with Crippen LogP contribution in [0.25, 0.3) is 0 Å². The lowest BCUT2D eigenvalue weighted by Gasteiger charge is -2.24. The minimum atomic E-state index is -2.79. The van der Waals surface area contributed by atoms with Gasteiger partial charge in [0.05, 0.1) is 0 Å². The smallest absolute Gasteiger partial charge is 0.147 e. The number of hydrogen-bond donors (Lipinski definition) is 1. The molecule has 0 atom stereocenters. The van der Waals surface area contributed by atoms with Crippen LogP contribution in [0.1, 0.15) is 40.0 Å². The molecule has 0 aromatic carbocycles. The minimum absolute atomic E-state index is 0.194. The van der Waals surface area contributed by atoms with E-state index in [0.717, 1.165) is 32.4 Å². The molecule has 0 radical (unpaired) electrons. The second-order valence-electron chi connectivity index (χ2n) is 5.07. The Morgan fingerprint density at radius 1 is 1.27 bits per heavy atom. The summed E-state index contributed by atoms with van der Waals surface area (Å²) in [5, 5.41) is 3.37. The molecule has 0 heterocycles. The van der Waals surface area contributed by atoms with Crippen molar-refractivity contribution in [2.24, 2.45) is 5.41 Å². The van der Waals surface area contributed by atoms with Gasteiger partial charge in [-0.05, 0) is 31.2 Å². The fourth-order valence-electron chi connectivity index (χ4n) is 1.50. The van der Waals surface area contributed by atoms with E-state index < -0.39 is 9.84 Å². The van der Waals surface area contributed by atoms with Gasteiger partial charge in [0.15, 0.2) is 0 Å². The standard InChI is InChI=1S/C11H25NO2S/c1-5-8-12-10-11(2,3)7-6-9-15(4,13)14/h12H,5-10H2,1-4H3. The average molecular weight is 235 g/mol. The maximum atomic E-state index is 11.0. The Kier molecular flexibility index (Phi) is 6.44. The van der Waals surface area contributed by atoms with Crippen molar-refractivity contribution in [2.75, 3.05) is 25.1 Å². The number of nitrogens with one attached hydrogen (secondary N) is 1. The monoisotopic (exact) mass is 235 g/mol. The summed E-state index contributed by atoms with van der Waals surface area (Å²) in [6.45, 7) is 8.50. The van der Waals surface area contributed by atoms with E-state index in [1.165, 1.54) is 6.26 Å². The summed E-state index contributed by atoms with van der Waals surface area (Å²) in [5.41, 5.74) is 0.194. The zero-order valence-corrected chi connectivity index (χ0v) is 11.3. The zero-order chi connectivity index (χ0) is 11.9. The highest BCUT2D eigenvalue weighted by Gasteiger charge is 2.17. The fraction of sp³-hybridized carbons (Fsp3) is 1.00. The Balaban J connectivity index is 3.73. The molecule has 0 saturated carbocycles. The van der Waals surface area contributed by atoms with Crippen LogP contribution in [0.5, 0.6) is 0 Å². The van der Waals surface area contributed by atoms with Gasteiger partial charge in [0.1, 0.15) is 9.84 Å². The van der Waals surface area contributed by atoms with Crippen LogP contribution in [-0.4, -0.2) is 33.5 Å². The van der Waals surface area contributed by atoms with E-state index in [0.29, 0.717) is 5.75 Å². The third-order valence-corrected chi connectivity index (χ3v) is 3.43. The van der Waals surface area contributed by atoms with Crippen LogP contribution in [0.4, 0.5) is 0 Å². The Bertz CT molecular complexity index is 258. The molecule has 1 N–H and O–H groups in total. The topological polar surface area (TPSA) is 46.2 Å². The molecule has 15 heavy (non-hydrogen) atoms. The first-order valence-corrected chi connectivity index (χ1v) is 7.71. The van der Waals surface area contributed by atoms with Gasteiger partial charge < -0.3 is 5.32 Å². The maximum absolute atomic E-state index is 11.0. The van der Waals surface area contributed by atoms with E-state index in [1.54, 1.807) is 0 Å². The van der Waals surface area contributed by atoms with Crippen LogP contribution in [-0.2, 0) is 9.84 Å². The van der Waals surface area contributed by atoms with E-state index in [-0.39, 0.29) is 5.41 Å². The first-order chi connectivity index (χ1) is 6.77. The molecule has 0 aromatic rings. The van der Waals surface area contributed by atoms with Crippen LogP contribution >= 0.6 is 0 Å². The third kappa shape index (κ3) is 10.2. The summed E-state index contributed by atoms with van der Waals surface area (Å²) in [7, 11) is -2.79. The molecule has 3 nitrogen and oxygen atoms in total. The second kappa shape index (κ2) is 6.48. The first kappa shape index (κ1) is 14.9. The summed E-state index contributed by atoms with van der Waals surface area (Å²) < 4.78 is 21.9. The third-order valence-electron chi connectivity index (χ3n) is 2.40. The second-order valence-corrected chi connectivity index (χ2v) is 7.33. The summed E-state index contributed by atoms with van der Waals surface area (Å²) in [5.74, 6) is 0.310. The average Bonchev–Trinajstić information content (AvgIpc) is 2.01. The van der Waals surface area contributed by atoms with Crippen LogP contribution in [0.15, 0.2) is 0 Å². The maximum Gasteiger partial charge on any atom is 0.147 e. The minimum Gasteiger partial charge on any atom is -0.316 e. The zero-order valence-electron chi connectivity index (χ0n) is 10.5. The summed E-state index contributed by atoms with van der Waals surface area (Å²) in [4.78, 5) is 0. The molecule has 0 saturated heterocycles. The predicted octanol–water partition coefficient (Wildman–Crippen LogP) is 1.84.